The number of carbonyl (C=O) groups is 2. The molecule has 6 nitrogen and oxygen atoms in total. The van der Waals surface area contributed by atoms with Crippen LogP contribution >= 0.6 is 0 Å². The van der Waals surface area contributed by atoms with Gasteiger partial charge in [0.2, 0.25) is 5.76 Å². The molecule has 0 aliphatic rings. The van der Waals surface area contributed by atoms with Crippen molar-refractivity contribution in [1.82, 2.24) is 10.1 Å². The average molecular weight is 302 g/mol. The maximum Gasteiger partial charge on any atom is 0.377 e. The van der Waals surface area contributed by atoms with Crippen LogP contribution in [0.2, 0.25) is 0 Å². The zero-order chi connectivity index (χ0) is 16.1. The molecule has 22 heavy (non-hydrogen) atoms. The molecular weight excluding hydrogens is 284 g/mol. The van der Waals surface area contributed by atoms with E-state index in [0.717, 1.165) is 5.56 Å². The van der Waals surface area contributed by atoms with Gasteiger partial charge in [-0.3, -0.25) is 4.79 Å². The number of aryl methyl sites for hydroxylation is 1. The highest BCUT2D eigenvalue weighted by atomic mass is 16.6. The molecule has 0 fully saturated rings. The molecule has 1 heterocycles. The van der Waals surface area contributed by atoms with Gasteiger partial charge in [0, 0.05) is 13.1 Å². The third kappa shape index (κ3) is 3.72. The lowest BCUT2D eigenvalue weighted by molar-refractivity contribution is -0.135. The van der Waals surface area contributed by atoms with Gasteiger partial charge in [-0.25, -0.2) is 4.79 Å². The van der Waals surface area contributed by atoms with E-state index in [1.807, 2.05) is 37.3 Å². The molecule has 1 atom stereocenters. The van der Waals surface area contributed by atoms with Gasteiger partial charge in [-0.15, -0.1) is 0 Å². The normalized spacial score (nSPS) is 11.8. The highest BCUT2D eigenvalue weighted by Crippen LogP contribution is 2.18. The Morgan fingerprint density at radius 2 is 2.00 bits per heavy atom. The van der Waals surface area contributed by atoms with Crippen LogP contribution in [0.3, 0.4) is 0 Å². The number of carbonyl (C=O) groups excluding carboxylic acids is 2. The summed E-state index contributed by atoms with van der Waals surface area (Å²) in [6, 6.07) is 11.0. The standard InChI is InChI=1S/C16H18N2O4/c1-11-9-14(22-17-11)16(20)21-10-15(19)18(3)12(2)13-7-5-4-6-8-13/h4-9,12H,10H2,1-3H3/t12-/m1/s1. The van der Waals surface area contributed by atoms with E-state index in [9.17, 15) is 9.59 Å². The largest absolute Gasteiger partial charge is 0.450 e. The van der Waals surface area contributed by atoms with Crippen LogP contribution in [0.25, 0.3) is 0 Å². The summed E-state index contributed by atoms with van der Waals surface area (Å²) >= 11 is 0. The van der Waals surface area contributed by atoms with Crippen molar-refractivity contribution in [3.05, 3.63) is 53.4 Å². The highest BCUT2D eigenvalue weighted by Gasteiger charge is 2.20. The summed E-state index contributed by atoms with van der Waals surface area (Å²) in [6.07, 6.45) is 0. The van der Waals surface area contributed by atoms with Crippen LogP contribution < -0.4 is 0 Å². The van der Waals surface area contributed by atoms with Gasteiger partial charge in [-0.05, 0) is 19.4 Å². The molecule has 0 radical (unpaired) electrons. The van der Waals surface area contributed by atoms with E-state index in [0.29, 0.717) is 5.69 Å². The second-order valence-corrected chi connectivity index (χ2v) is 5.00. The molecule has 116 valence electrons. The number of aromatic nitrogens is 1. The van der Waals surface area contributed by atoms with E-state index < -0.39 is 5.97 Å². The first kappa shape index (κ1) is 15.8. The number of likely N-dealkylation sites (N-methyl/N-ethyl adjacent to an activating group) is 1. The number of esters is 1. The molecule has 1 aromatic carbocycles. The predicted octanol–water partition coefficient (Wildman–Crippen LogP) is 2.36. The van der Waals surface area contributed by atoms with Crippen molar-refractivity contribution >= 4 is 11.9 Å². The van der Waals surface area contributed by atoms with E-state index in [-0.39, 0.29) is 24.3 Å². The van der Waals surface area contributed by atoms with Crippen molar-refractivity contribution in [3.63, 3.8) is 0 Å². The van der Waals surface area contributed by atoms with Gasteiger partial charge in [-0.2, -0.15) is 0 Å². The summed E-state index contributed by atoms with van der Waals surface area (Å²) in [6.45, 7) is 3.27. The fourth-order valence-corrected chi connectivity index (χ4v) is 1.93. The Balaban J connectivity index is 1.90. The summed E-state index contributed by atoms with van der Waals surface area (Å²) < 4.78 is 9.73. The highest BCUT2D eigenvalue weighted by molar-refractivity contribution is 5.88. The Hall–Kier alpha value is -2.63. The molecule has 0 aliphatic heterocycles. The van der Waals surface area contributed by atoms with Crippen LogP contribution in [0.5, 0.6) is 0 Å². The SMILES string of the molecule is Cc1cc(C(=O)OCC(=O)N(C)[C@H](C)c2ccccc2)on1. The molecule has 6 heteroatoms. The fourth-order valence-electron chi connectivity index (χ4n) is 1.93. The number of nitrogens with zero attached hydrogens (tertiary/aromatic N) is 2. The first-order valence-electron chi connectivity index (χ1n) is 6.90. The zero-order valence-electron chi connectivity index (χ0n) is 12.8. The number of rotatable bonds is 5. The van der Waals surface area contributed by atoms with Gasteiger partial charge in [0.1, 0.15) is 0 Å². The van der Waals surface area contributed by atoms with Gasteiger partial charge in [0.15, 0.2) is 6.61 Å². The molecule has 2 rings (SSSR count). The monoisotopic (exact) mass is 302 g/mol. The van der Waals surface area contributed by atoms with E-state index in [1.165, 1.54) is 11.0 Å². The minimum atomic E-state index is -0.699. The lowest BCUT2D eigenvalue weighted by atomic mass is 10.1. The lowest BCUT2D eigenvalue weighted by Crippen LogP contribution is -2.33. The van der Waals surface area contributed by atoms with Crippen LogP contribution in [0.15, 0.2) is 40.9 Å². The van der Waals surface area contributed by atoms with Crippen LogP contribution in [0.4, 0.5) is 0 Å². The van der Waals surface area contributed by atoms with E-state index in [4.69, 9.17) is 9.26 Å². The molecular formula is C16H18N2O4. The second-order valence-electron chi connectivity index (χ2n) is 5.00. The lowest BCUT2D eigenvalue weighted by Gasteiger charge is -2.25. The minimum Gasteiger partial charge on any atom is -0.450 e. The van der Waals surface area contributed by atoms with Crippen molar-refractivity contribution < 1.29 is 18.8 Å². The number of amides is 1. The number of hydrogen-bond donors (Lipinski definition) is 0. The van der Waals surface area contributed by atoms with Crippen LogP contribution in [-0.2, 0) is 9.53 Å². The quantitative estimate of drug-likeness (QED) is 0.793. The van der Waals surface area contributed by atoms with Gasteiger partial charge in [0.05, 0.1) is 11.7 Å². The third-order valence-electron chi connectivity index (χ3n) is 3.41. The molecule has 0 bridgehead atoms. The Bertz CT molecular complexity index is 651. The van der Waals surface area contributed by atoms with Crippen molar-refractivity contribution in [1.29, 1.82) is 0 Å². The topological polar surface area (TPSA) is 72.6 Å². The number of ether oxygens (including phenoxy) is 1. The number of benzene rings is 1. The first-order valence-corrected chi connectivity index (χ1v) is 6.90. The summed E-state index contributed by atoms with van der Waals surface area (Å²) in [5.41, 5.74) is 1.59. The Morgan fingerprint density at radius 1 is 1.32 bits per heavy atom. The van der Waals surface area contributed by atoms with Crippen LogP contribution in [0, 0.1) is 6.92 Å². The molecule has 0 saturated heterocycles. The van der Waals surface area contributed by atoms with Crippen molar-refractivity contribution in [2.24, 2.45) is 0 Å². The van der Waals surface area contributed by atoms with Crippen LogP contribution in [0.1, 0.15) is 34.8 Å². The summed E-state index contributed by atoms with van der Waals surface area (Å²) in [7, 11) is 1.67. The molecule has 2 aromatic rings. The van der Waals surface area contributed by atoms with Gasteiger partial charge >= 0.3 is 5.97 Å². The predicted molar refractivity (Wildman–Crippen MR) is 79.1 cm³/mol. The molecule has 0 spiro atoms. The molecule has 0 N–H and O–H groups in total. The molecule has 0 saturated carbocycles. The Morgan fingerprint density at radius 3 is 2.59 bits per heavy atom. The zero-order valence-corrected chi connectivity index (χ0v) is 12.8. The molecule has 0 unspecified atom stereocenters. The summed E-state index contributed by atoms with van der Waals surface area (Å²) in [5.74, 6) is -1.00. The van der Waals surface area contributed by atoms with Crippen molar-refractivity contribution in [2.75, 3.05) is 13.7 Å². The smallest absolute Gasteiger partial charge is 0.377 e. The van der Waals surface area contributed by atoms with Crippen molar-refractivity contribution in [3.8, 4) is 0 Å². The van der Waals surface area contributed by atoms with Gasteiger partial charge in [0.25, 0.3) is 5.91 Å². The Labute approximate surface area is 128 Å². The van der Waals surface area contributed by atoms with E-state index >= 15 is 0 Å². The number of hydrogen-bond acceptors (Lipinski definition) is 5. The Kier molecular flexibility index (Phi) is 4.93. The average Bonchev–Trinajstić information content (AvgIpc) is 2.98. The van der Waals surface area contributed by atoms with Gasteiger partial charge < -0.3 is 14.2 Å². The van der Waals surface area contributed by atoms with E-state index in [2.05, 4.69) is 5.16 Å². The maximum atomic E-state index is 12.1. The summed E-state index contributed by atoms with van der Waals surface area (Å²) in [4.78, 5) is 25.3. The van der Waals surface area contributed by atoms with Crippen molar-refractivity contribution in [2.45, 2.75) is 19.9 Å². The van der Waals surface area contributed by atoms with Gasteiger partial charge in [-0.1, -0.05) is 35.5 Å². The minimum absolute atomic E-state index is 0.0101. The second kappa shape index (κ2) is 6.89. The maximum absolute atomic E-state index is 12.1. The first-order chi connectivity index (χ1) is 10.5. The fraction of sp³-hybridized carbons (Fsp3) is 0.312. The molecule has 1 aromatic heterocycles. The van der Waals surface area contributed by atoms with E-state index in [1.54, 1.807) is 14.0 Å². The summed E-state index contributed by atoms with van der Waals surface area (Å²) in [5, 5.41) is 3.60. The van der Waals surface area contributed by atoms with Crippen LogP contribution in [-0.4, -0.2) is 35.6 Å². The molecule has 1 amide bonds. The molecule has 0 aliphatic carbocycles. The third-order valence-corrected chi connectivity index (χ3v) is 3.41.